The van der Waals surface area contributed by atoms with Crippen LogP contribution in [0.15, 0.2) is 11.0 Å². The highest BCUT2D eigenvalue weighted by Crippen LogP contribution is 2.15. The monoisotopic (exact) mass is 317 g/mol. The van der Waals surface area contributed by atoms with E-state index in [0.717, 1.165) is 4.68 Å². The van der Waals surface area contributed by atoms with Crippen molar-refractivity contribution in [2.45, 2.75) is 12.6 Å². The number of aromatic nitrogens is 2. The fourth-order valence-corrected chi connectivity index (χ4v) is 1.98. The summed E-state index contributed by atoms with van der Waals surface area (Å²) in [6.45, 7) is 1.77. The normalized spacial score (nSPS) is 18.3. The molecule has 0 radical (unpaired) electrons. The zero-order valence-electron chi connectivity index (χ0n) is 11.5. The Morgan fingerprint density at radius 2 is 2.43 bits per heavy atom. The van der Waals surface area contributed by atoms with Crippen molar-refractivity contribution in [3.63, 3.8) is 0 Å². The summed E-state index contributed by atoms with van der Waals surface area (Å²) in [5, 5.41) is 6.83. The molecule has 116 valence electrons. The Hall–Kier alpha value is -1.64. The molecule has 1 aromatic heterocycles. The highest BCUT2D eigenvalue weighted by atomic mass is 35.5. The van der Waals surface area contributed by atoms with Crippen molar-refractivity contribution in [2.75, 3.05) is 38.8 Å². The molecular formula is C12H16ClN3O5. The lowest BCUT2D eigenvalue weighted by molar-refractivity contribution is -0.141. The van der Waals surface area contributed by atoms with Crippen LogP contribution in [-0.2, 0) is 25.5 Å². The van der Waals surface area contributed by atoms with Gasteiger partial charge in [-0.05, 0) is 0 Å². The summed E-state index contributed by atoms with van der Waals surface area (Å²) in [7, 11) is 1.23. The van der Waals surface area contributed by atoms with Crippen LogP contribution in [0.4, 0.5) is 5.69 Å². The number of nitrogens with one attached hydrogen (secondary N) is 1. The molecule has 1 N–H and O–H groups in total. The van der Waals surface area contributed by atoms with Crippen LogP contribution in [0.5, 0.6) is 0 Å². The molecule has 1 saturated heterocycles. The number of nitrogens with zero attached hydrogens (tertiary/aromatic N) is 2. The molecule has 1 aliphatic rings. The number of halogens is 1. The number of anilines is 1. The predicted octanol–water partition coefficient (Wildman–Crippen LogP) is -0.103. The van der Waals surface area contributed by atoms with Crippen molar-refractivity contribution < 1.29 is 19.0 Å². The summed E-state index contributed by atoms with van der Waals surface area (Å²) in [6, 6.07) is 0. The molecule has 1 atom stereocenters. The fourth-order valence-electron chi connectivity index (χ4n) is 1.77. The Bertz CT molecular complexity index is 556. The van der Waals surface area contributed by atoms with Crippen molar-refractivity contribution in [2.24, 2.45) is 0 Å². The number of carbonyl (C=O) groups excluding carboxylic acids is 1. The zero-order valence-corrected chi connectivity index (χ0v) is 12.3. The van der Waals surface area contributed by atoms with Crippen LogP contribution in [0.25, 0.3) is 0 Å². The van der Waals surface area contributed by atoms with Gasteiger partial charge in [0.25, 0.3) is 5.56 Å². The molecule has 1 fully saturated rings. The lowest BCUT2D eigenvalue weighted by atomic mass is 10.3. The number of methoxy groups -OCH3 is 1. The van der Waals surface area contributed by atoms with Gasteiger partial charge in [-0.25, -0.2) is 4.68 Å². The fraction of sp³-hybridized carbons (Fsp3) is 0.583. The lowest BCUT2D eigenvalue weighted by Crippen LogP contribution is -2.35. The maximum Gasteiger partial charge on any atom is 0.327 e. The van der Waals surface area contributed by atoms with Crippen LogP contribution < -0.4 is 10.9 Å². The number of hydrogen-bond donors (Lipinski definition) is 1. The van der Waals surface area contributed by atoms with Gasteiger partial charge in [0.05, 0.1) is 44.9 Å². The van der Waals surface area contributed by atoms with Crippen LogP contribution in [0, 0.1) is 0 Å². The molecule has 1 unspecified atom stereocenters. The first-order chi connectivity index (χ1) is 10.1. The third-order valence-corrected chi connectivity index (χ3v) is 3.26. The number of hydrogen-bond acceptors (Lipinski definition) is 7. The summed E-state index contributed by atoms with van der Waals surface area (Å²) in [4.78, 5) is 23.1. The number of esters is 1. The molecule has 21 heavy (non-hydrogen) atoms. The summed E-state index contributed by atoms with van der Waals surface area (Å²) in [5.74, 6) is -0.575. The van der Waals surface area contributed by atoms with Crippen LogP contribution in [0.1, 0.15) is 0 Å². The Morgan fingerprint density at radius 3 is 3.10 bits per heavy atom. The number of carbonyl (C=O) groups is 1. The van der Waals surface area contributed by atoms with Crippen LogP contribution >= 0.6 is 11.6 Å². The van der Waals surface area contributed by atoms with E-state index in [9.17, 15) is 9.59 Å². The summed E-state index contributed by atoms with van der Waals surface area (Å²) in [6.07, 6.45) is 1.28. The van der Waals surface area contributed by atoms with E-state index in [-0.39, 0.29) is 17.7 Å². The molecule has 0 aliphatic carbocycles. The van der Waals surface area contributed by atoms with Gasteiger partial charge in [0.15, 0.2) is 0 Å². The highest BCUT2D eigenvalue weighted by molar-refractivity contribution is 6.32. The average molecular weight is 318 g/mol. The SMILES string of the molecule is COC(=O)Cn1ncc(NCC2COCCO2)c(Cl)c1=O. The third kappa shape index (κ3) is 4.16. The first kappa shape index (κ1) is 15.7. The van der Waals surface area contributed by atoms with Gasteiger partial charge in [0.1, 0.15) is 11.6 Å². The number of ether oxygens (including phenoxy) is 3. The van der Waals surface area contributed by atoms with Gasteiger partial charge in [0, 0.05) is 6.54 Å². The maximum atomic E-state index is 12.0. The lowest BCUT2D eigenvalue weighted by Gasteiger charge is -2.23. The molecule has 2 rings (SSSR count). The Kier molecular flexibility index (Phi) is 5.54. The molecule has 0 aromatic carbocycles. The topological polar surface area (TPSA) is 91.7 Å². The minimum Gasteiger partial charge on any atom is -0.468 e. The third-order valence-electron chi connectivity index (χ3n) is 2.90. The van der Waals surface area contributed by atoms with E-state index < -0.39 is 11.5 Å². The Morgan fingerprint density at radius 1 is 1.62 bits per heavy atom. The Labute approximate surface area is 125 Å². The van der Waals surface area contributed by atoms with E-state index in [1.807, 2.05) is 0 Å². The zero-order chi connectivity index (χ0) is 15.2. The summed E-state index contributed by atoms with van der Waals surface area (Å²) >= 11 is 5.98. The van der Waals surface area contributed by atoms with Crippen LogP contribution in [0.2, 0.25) is 5.02 Å². The van der Waals surface area contributed by atoms with Crippen molar-refractivity contribution in [1.29, 1.82) is 0 Å². The molecule has 8 nitrogen and oxygen atoms in total. The number of rotatable bonds is 5. The van der Waals surface area contributed by atoms with Crippen molar-refractivity contribution in [3.05, 3.63) is 21.6 Å². The second-order valence-corrected chi connectivity index (χ2v) is 4.74. The first-order valence-corrected chi connectivity index (χ1v) is 6.75. The highest BCUT2D eigenvalue weighted by Gasteiger charge is 2.16. The van der Waals surface area contributed by atoms with E-state index in [2.05, 4.69) is 15.2 Å². The largest absolute Gasteiger partial charge is 0.468 e. The molecule has 1 aliphatic heterocycles. The predicted molar refractivity (Wildman–Crippen MR) is 74.6 cm³/mol. The molecule has 0 saturated carbocycles. The van der Waals surface area contributed by atoms with Gasteiger partial charge in [0.2, 0.25) is 0 Å². The van der Waals surface area contributed by atoms with Gasteiger partial charge in [-0.15, -0.1) is 0 Å². The molecule has 0 bridgehead atoms. The smallest absolute Gasteiger partial charge is 0.327 e. The van der Waals surface area contributed by atoms with Crippen molar-refractivity contribution in [1.82, 2.24) is 9.78 Å². The van der Waals surface area contributed by atoms with Gasteiger partial charge in [-0.2, -0.15) is 5.10 Å². The molecule has 1 aromatic rings. The van der Waals surface area contributed by atoms with Gasteiger partial charge in [-0.3, -0.25) is 9.59 Å². The molecule has 0 spiro atoms. The van der Waals surface area contributed by atoms with E-state index >= 15 is 0 Å². The molecule has 9 heteroatoms. The van der Waals surface area contributed by atoms with E-state index in [0.29, 0.717) is 32.1 Å². The second-order valence-electron chi connectivity index (χ2n) is 4.36. The van der Waals surface area contributed by atoms with E-state index in [1.54, 1.807) is 0 Å². The van der Waals surface area contributed by atoms with Gasteiger partial charge >= 0.3 is 5.97 Å². The van der Waals surface area contributed by atoms with Gasteiger partial charge in [-0.1, -0.05) is 11.6 Å². The Balaban J connectivity index is 2.02. The summed E-state index contributed by atoms with van der Waals surface area (Å²) in [5.41, 5.74) is -0.176. The molecule has 0 amide bonds. The van der Waals surface area contributed by atoms with Crippen molar-refractivity contribution >= 4 is 23.3 Å². The molecular weight excluding hydrogens is 302 g/mol. The van der Waals surface area contributed by atoms with Crippen LogP contribution in [-0.4, -0.2) is 55.3 Å². The second kappa shape index (κ2) is 7.39. The minimum absolute atomic E-state index is 0.0365. The van der Waals surface area contributed by atoms with E-state index in [1.165, 1.54) is 13.3 Å². The van der Waals surface area contributed by atoms with E-state index in [4.69, 9.17) is 21.1 Å². The van der Waals surface area contributed by atoms with Crippen LogP contribution in [0.3, 0.4) is 0 Å². The molecule has 2 heterocycles. The first-order valence-electron chi connectivity index (χ1n) is 6.37. The quantitative estimate of drug-likeness (QED) is 0.758. The van der Waals surface area contributed by atoms with Gasteiger partial charge < -0.3 is 19.5 Å². The minimum atomic E-state index is -0.575. The maximum absolute atomic E-state index is 12.0. The standard InChI is InChI=1S/C12H16ClN3O5/c1-19-10(17)6-16-12(18)11(13)9(5-15-16)14-4-8-7-20-2-3-21-8/h5,8,14H,2-4,6-7H2,1H3. The average Bonchev–Trinajstić information content (AvgIpc) is 2.52. The van der Waals surface area contributed by atoms with Crippen molar-refractivity contribution in [3.8, 4) is 0 Å². The summed E-state index contributed by atoms with van der Waals surface area (Å²) < 4.78 is 16.2.